The van der Waals surface area contributed by atoms with Gasteiger partial charge in [-0.1, -0.05) is 12.8 Å². The summed E-state index contributed by atoms with van der Waals surface area (Å²) in [5.74, 6) is 0.562. The number of fused-ring (bicyclic) bond motifs is 1. The van der Waals surface area contributed by atoms with Gasteiger partial charge in [-0.15, -0.1) is 0 Å². The molecule has 1 aromatic heterocycles. The summed E-state index contributed by atoms with van der Waals surface area (Å²) in [6.07, 6.45) is 9.89. The van der Waals surface area contributed by atoms with E-state index >= 15 is 0 Å². The maximum Gasteiger partial charge on any atom is 0.228 e. The molecule has 0 aromatic carbocycles. The number of hydrogen-bond donors (Lipinski definition) is 2. The third-order valence-electron chi connectivity index (χ3n) is 7.64. The van der Waals surface area contributed by atoms with E-state index < -0.39 is 0 Å². The van der Waals surface area contributed by atoms with Crippen molar-refractivity contribution < 1.29 is 9.59 Å². The van der Waals surface area contributed by atoms with Gasteiger partial charge < -0.3 is 9.80 Å². The van der Waals surface area contributed by atoms with Gasteiger partial charge >= 0.3 is 0 Å². The van der Waals surface area contributed by atoms with Gasteiger partial charge in [0.2, 0.25) is 11.8 Å². The molecule has 5 rings (SSSR count). The molecule has 2 amide bonds. The number of pyridine rings is 1. The molecular weight excluding hydrogens is 392 g/mol. The number of piperazine rings is 1. The second-order valence-electron chi connectivity index (χ2n) is 9.51. The van der Waals surface area contributed by atoms with Gasteiger partial charge in [0.15, 0.2) is 0 Å². The Morgan fingerprint density at radius 1 is 1.06 bits per heavy atom. The van der Waals surface area contributed by atoms with Crippen LogP contribution in [0.15, 0.2) is 24.5 Å². The minimum absolute atomic E-state index is 0.0423. The van der Waals surface area contributed by atoms with Crippen molar-refractivity contribution >= 4 is 11.8 Å². The standard InChI is InChI=1S/C23H34N6O2/c30-21-15-18(16-29(21)22-19-3-1-2-4-20(19)25-26-22)23(31)28-13-11-27(12-14-28)10-7-17-5-8-24-9-6-17/h5-6,8-9,18-20,22,25-26H,1-4,7,10-16H2. The first-order chi connectivity index (χ1) is 15.2. The van der Waals surface area contributed by atoms with Crippen molar-refractivity contribution in [3.8, 4) is 0 Å². The highest BCUT2D eigenvalue weighted by Crippen LogP contribution is 2.34. The molecule has 2 N–H and O–H groups in total. The van der Waals surface area contributed by atoms with E-state index in [1.54, 1.807) is 0 Å². The Bertz CT molecular complexity index is 782. The second-order valence-corrected chi connectivity index (χ2v) is 9.51. The third-order valence-corrected chi connectivity index (χ3v) is 7.64. The Morgan fingerprint density at radius 3 is 2.65 bits per heavy atom. The minimum Gasteiger partial charge on any atom is -0.340 e. The van der Waals surface area contributed by atoms with Crippen LogP contribution in [-0.4, -0.2) is 83.0 Å². The van der Waals surface area contributed by atoms with Crippen molar-refractivity contribution in [3.63, 3.8) is 0 Å². The lowest BCUT2D eigenvalue weighted by molar-refractivity contribution is -0.137. The fraction of sp³-hybridized carbons (Fsp3) is 0.696. The molecule has 4 atom stereocenters. The highest BCUT2D eigenvalue weighted by molar-refractivity contribution is 5.89. The fourth-order valence-corrected chi connectivity index (χ4v) is 5.78. The molecule has 4 aliphatic rings. The summed E-state index contributed by atoms with van der Waals surface area (Å²) in [5, 5.41) is 0. The molecule has 1 aliphatic carbocycles. The summed E-state index contributed by atoms with van der Waals surface area (Å²) in [6, 6.07) is 4.58. The average Bonchev–Trinajstić information content (AvgIpc) is 3.41. The number of nitrogens with zero attached hydrogens (tertiary/aromatic N) is 4. The van der Waals surface area contributed by atoms with Crippen LogP contribution < -0.4 is 10.9 Å². The Morgan fingerprint density at radius 2 is 1.84 bits per heavy atom. The highest BCUT2D eigenvalue weighted by atomic mass is 16.2. The topological polar surface area (TPSA) is 80.8 Å². The summed E-state index contributed by atoms with van der Waals surface area (Å²) in [7, 11) is 0. The molecule has 4 unspecified atom stereocenters. The fourth-order valence-electron chi connectivity index (χ4n) is 5.78. The molecule has 1 aromatic rings. The van der Waals surface area contributed by atoms with Gasteiger partial charge in [0, 0.05) is 70.0 Å². The Kier molecular flexibility index (Phi) is 6.20. The van der Waals surface area contributed by atoms with Crippen molar-refractivity contribution in [2.75, 3.05) is 39.3 Å². The van der Waals surface area contributed by atoms with Crippen molar-refractivity contribution in [1.82, 2.24) is 30.5 Å². The molecule has 3 aliphatic heterocycles. The molecule has 31 heavy (non-hydrogen) atoms. The van der Waals surface area contributed by atoms with Gasteiger partial charge in [0.25, 0.3) is 0 Å². The van der Waals surface area contributed by atoms with Gasteiger partial charge in [-0.2, -0.15) is 0 Å². The van der Waals surface area contributed by atoms with Gasteiger partial charge in [-0.25, -0.2) is 5.43 Å². The quantitative estimate of drug-likeness (QED) is 0.718. The molecule has 8 nitrogen and oxygen atoms in total. The Labute approximate surface area is 184 Å². The van der Waals surface area contributed by atoms with Crippen molar-refractivity contribution in [3.05, 3.63) is 30.1 Å². The summed E-state index contributed by atoms with van der Waals surface area (Å²) in [5.41, 5.74) is 8.06. The first-order valence-electron chi connectivity index (χ1n) is 11.9. The van der Waals surface area contributed by atoms with Crippen LogP contribution in [0.5, 0.6) is 0 Å². The van der Waals surface area contributed by atoms with Crippen LogP contribution >= 0.6 is 0 Å². The molecule has 0 radical (unpaired) electrons. The molecule has 4 fully saturated rings. The summed E-state index contributed by atoms with van der Waals surface area (Å²) >= 11 is 0. The number of rotatable bonds is 5. The van der Waals surface area contributed by atoms with E-state index in [1.165, 1.54) is 24.8 Å². The third kappa shape index (κ3) is 4.47. The lowest BCUT2D eigenvalue weighted by Crippen LogP contribution is -2.51. The van der Waals surface area contributed by atoms with Gasteiger partial charge in [0.1, 0.15) is 0 Å². The van der Waals surface area contributed by atoms with Crippen LogP contribution in [0, 0.1) is 11.8 Å². The Balaban J connectivity index is 1.11. The summed E-state index contributed by atoms with van der Waals surface area (Å²) in [4.78, 5) is 36.4. The number of nitrogens with one attached hydrogen (secondary N) is 2. The smallest absolute Gasteiger partial charge is 0.228 e. The van der Waals surface area contributed by atoms with Crippen LogP contribution in [0.4, 0.5) is 0 Å². The average molecular weight is 427 g/mol. The highest BCUT2D eigenvalue weighted by Gasteiger charge is 2.46. The van der Waals surface area contributed by atoms with Crippen LogP contribution in [0.1, 0.15) is 37.7 Å². The molecule has 0 spiro atoms. The van der Waals surface area contributed by atoms with Crippen LogP contribution in [-0.2, 0) is 16.0 Å². The zero-order valence-corrected chi connectivity index (χ0v) is 18.2. The predicted molar refractivity (Wildman–Crippen MR) is 117 cm³/mol. The monoisotopic (exact) mass is 426 g/mol. The molecular formula is C23H34N6O2. The van der Waals surface area contributed by atoms with Gasteiger partial charge in [-0.05, 0) is 37.0 Å². The SMILES string of the molecule is O=C(C1CC(=O)N(C2NNC3CCCCC32)C1)N1CCN(CCc2ccncc2)CC1. The molecule has 0 bridgehead atoms. The molecule has 3 saturated heterocycles. The molecule has 8 heteroatoms. The van der Waals surface area contributed by atoms with Crippen LogP contribution in [0.25, 0.3) is 0 Å². The maximum absolute atomic E-state index is 13.2. The minimum atomic E-state index is -0.194. The zero-order chi connectivity index (χ0) is 21.2. The van der Waals surface area contributed by atoms with Crippen molar-refractivity contribution in [2.24, 2.45) is 11.8 Å². The molecule has 4 heterocycles. The van der Waals surface area contributed by atoms with E-state index in [0.717, 1.165) is 45.6 Å². The van der Waals surface area contributed by atoms with Crippen molar-refractivity contribution in [2.45, 2.75) is 50.7 Å². The summed E-state index contributed by atoms with van der Waals surface area (Å²) < 4.78 is 0. The number of hydrazine groups is 1. The van der Waals surface area contributed by atoms with Gasteiger partial charge in [-0.3, -0.25) is 24.9 Å². The number of amides is 2. The maximum atomic E-state index is 13.2. The zero-order valence-electron chi connectivity index (χ0n) is 18.2. The molecule has 1 saturated carbocycles. The van der Waals surface area contributed by atoms with E-state index in [2.05, 4.69) is 32.9 Å². The number of hydrogen-bond acceptors (Lipinski definition) is 6. The van der Waals surface area contributed by atoms with E-state index in [9.17, 15) is 9.59 Å². The van der Waals surface area contributed by atoms with E-state index in [4.69, 9.17) is 0 Å². The Hall–Kier alpha value is -2.03. The van der Waals surface area contributed by atoms with Gasteiger partial charge in [0.05, 0.1) is 12.1 Å². The van der Waals surface area contributed by atoms with Crippen LogP contribution in [0.2, 0.25) is 0 Å². The van der Waals surface area contributed by atoms with E-state index in [0.29, 0.717) is 24.9 Å². The summed E-state index contributed by atoms with van der Waals surface area (Å²) in [6.45, 7) is 4.88. The molecule has 168 valence electrons. The van der Waals surface area contributed by atoms with Crippen molar-refractivity contribution in [1.29, 1.82) is 0 Å². The number of aromatic nitrogens is 1. The van der Waals surface area contributed by atoms with Crippen LogP contribution in [0.3, 0.4) is 0 Å². The lowest BCUT2D eigenvalue weighted by atomic mass is 9.84. The number of carbonyl (C=O) groups excluding carboxylic acids is 2. The van der Waals surface area contributed by atoms with E-state index in [1.807, 2.05) is 22.2 Å². The largest absolute Gasteiger partial charge is 0.340 e. The lowest BCUT2D eigenvalue weighted by Gasteiger charge is -2.36. The normalized spacial score (nSPS) is 31.8. The first kappa shape index (κ1) is 20.8. The number of carbonyl (C=O) groups is 2. The number of likely N-dealkylation sites (tertiary alicyclic amines) is 1. The van der Waals surface area contributed by atoms with E-state index in [-0.39, 0.29) is 23.9 Å². The predicted octanol–water partition coefficient (Wildman–Crippen LogP) is 0.610. The second kappa shape index (κ2) is 9.22. The first-order valence-corrected chi connectivity index (χ1v) is 11.9.